The van der Waals surface area contributed by atoms with Gasteiger partial charge in [0, 0.05) is 0 Å². The summed E-state index contributed by atoms with van der Waals surface area (Å²) < 4.78 is 10.6. The van der Waals surface area contributed by atoms with Crippen LogP contribution in [0.5, 0.6) is 0 Å². The molecule has 154 valence electrons. The molecule has 1 aliphatic rings. The standard InChI is InChI=1S/C19H31NO7/c20-13(14(22)9-5-4-8-12-6-2-1-3-7-12)11-26-19-18(25)17(24)16(23)15(10-21)27-19/h1-3,6-7,13-19,21-25H,4-5,8-11,20H2/t13-,14+,15?,16-,17?,18?,19-/m0/s1. The average Bonchev–Trinajstić information content (AvgIpc) is 2.69. The van der Waals surface area contributed by atoms with Crippen LogP contribution in [0.15, 0.2) is 30.3 Å². The van der Waals surface area contributed by atoms with E-state index in [4.69, 9.17) is 20.3 Å². The van der Waals surface area contributed by atoms with Crippen molar-refractivity contribution < 1.29 is 35.0 Å². The van der Waals surface area contributed by atoms with Crippen LogP contribution in [-0.2, 0) is 15.9 Å². The number of hydrogen-bond donors (Lipinski definition) is 6. The number of hydrogen-bond acceptors (Lipinski definition) is 8. The molecular formula is C19H31NO7. The maximum absolute atomic E-state index is 10.2. The van der Waals surface area contributed by atoms with E-state index in [1.807, 2.05) is 18.2 Å². The second-order valence-electron chi connectivity index (χ2n) is 6.99. The van der Waals surface area contributed by atoms with Crippen LogP contribution in [0, 0.1) is 0 Å². The van der Waals surface area contributed by atoms with Crippen molar-refractivity contribution >= 4 is 0 Å². The fourth-order valence-corrected chi connectivity index (χ4v) is 3.06. The zero-order valence-corrected chi connectivity index (χ0v) is 15.3. The summed E-state index contributed by atoms with van der Waals surface area (Å²) in [5.41, 5.74) is 7.18. The molecule has 1 saturated heterocycles. The number of unbranched alkanes of at least 4 members (excludes halogenated alkanes) is 1. The van der Waals surface area contributed by atoms with Gasteiger partial charge in [-0.05, 0) is 24.8 Å². The summed E-state index contributed by atoms with van der Waals surface area (Å²) in [7, 11) is 0. The Morgan fingerprint density at radius 1 is 1.04 bits per heavy atom. The second kappa shape index (κ2) is 11.0. The Morgan fingerprint density at radius 2 is 1.74 bits per heavy atom. The third-order valence-corrected chi connectivity index (χ3v) is 4.85. The minimum atomic E-state index is -1.50. The largest absolute Gasteiger partial charge is 0.394 e. The summed E-state index contributed by atoms with van der Waals surface area (Å²) in [5, 5.41) is 48.7. The van der Waals surface area contributed by atoms with Gasteiger partial charge in [-0.25, -0.2) is 0 Å². The Bertz CT molecular complexity index is 530. The number of aliphatic hydroxyl groups is 5. The second-order valence-corrected chi connectivity index (χ2v) is 6.99. The van der Waals surface area contributed by atoms with E-state index in [1.54, 1.807) is 0 Å². The molecule has 0 amide bonds. The van der Waals surface area contributed by atoms with E-state index < -0.39 is 49.5 Å². The van der Waals surface area contributed by atoms with E-state index in [0.29, 0.717) is 6.42 Å². The smallest absolute Gasteiger partial charge is 0.186 e. The number of aliphatic hydroxyl groups excluding tert-OH is 5. The van der Waals surface area contributed by atoms with Gasteiger partial charge in [0.2, 0.25) is 0 Å². The molecule has 0 saturated carbocycles. The zero-order valence-electron chi connectivity index (χ0n) is 15.3. The lowest BCUT2D eigenvalue weighted by Crippen LogP contribution is -2.59. The molecule has 7 atom stereocenters. The molecule has 27 heavy (non-hydrogen) atoms. The monoisotopic (exact) mass is 385 g/mol. The van der Waals surface area contributed by atoms with E-state index >= 15 is 0 Å². The van der Waals surface area contributed by atoms with Gasteiger partial charge in [-0.3, -0.25) is 0 Å². The van der Waals surface area contributed by atoms with Crippen LogP contribution in [0.3, 0.4) is 0 Å². The number of aryl methyl sites for hydroxylation is 1. The molecule has 8 nitrogen and oxygen atoms in total. The van der Waals surface area contributed by atoms with Gasteiger partial charge in [-0.2, -0.15) is 0 Å². The number of ether oxygens (including phenoxy) is 2. The lowest BCUT2D eigenvalue weighted by atomic mass is 9.99. The van der Waals surface area contributed by atoms with E-state index in [-0.39, 0.29) is 6.61 Å². The van der Waals surface area contributed by atoms with Gasteiger partial charge in [0.1, 0.15) is 24.4 Å². The van der Waals surface area contributed by atoms with Crippen LogP contribution in [0.2, 0.25) is 0 Å². The van der Waals surface area contributed by atoms with Crippen LogP contribution in [0.4, 0.5) is 0 Å². The van der Waals surface area contributed by atoms with Gasteiger partial charge < -0.3 is 40.7 Å². The summed E-state index contributed by atoms with van der Waals surface area (Å²) in [6.07, 6.45) is -4.26. The van der Waals surface area contributed by atoms with Gasteiger partial charge >= 0.3 is 0 Å². The highest BCUT2D eigenvalue weighted by Crippen LogP contribution is 2.22. The van der Waals surface area contributed by atoms with Crippen LogP contribution in [0.1, 0.15) is 24.8 Å². The topological polar surface area (TPSA) is 146 Å². The third-order valence-electron chi connectivity index (χ3n) is 4.85. The van der Waals surface area contributed by atoms with Gasteiger partial charge in [-0.15, -0.1) is 0 Å². The van der Waals surface area contributed by atoms with Gasteiger partial charge in [0.25, 0.3) is 0 Å². The Morgan fingerprint density at radius 3 is 2.41 bits per heavy atom. The molecule has 7 N–H and O–H groups in total. The van der Waals surface area contributed by atoms with Crippen LogP contribution in [-0.4, -0.2) is 81.6 Å². The van der Waals surface area contributed by atoms with Crippen LogP contribution in [0.25, 0.3) is 0 Å². The van der Waals surface area contributed by atoms with Crippen LogP contribution >= 0.6 is 0 Å². The van der Waals surface area contributed by atoms with Gasteiger partial charge in [0.15, 0.2) is 6.29 Å². The Kier molecular flexibility index (Phi) is 9.07. The molecule has 1 fully saturated rings. The van der Waals surface area contributed by atoms with Crippen molar-refractivity contribution in [3.8, 4) is 0 Å². The maximum atomic E-state index is 10.2. The normalized spacial score (nSPS) is 30.8. The molecule has 1 aromatic carbocycles. The lowest BCUT2D eigenvalue weighted by molar-refractivity contribution is -0.302. The third kappa shape index (κ3) is 6.48. The molecule has 2 rings (SSSR count). The van der Waals surface area contributed by atoms with Crippen molar-refractivity contribution in [2.45, 2.75) is 68.5 Å². The zero-order chi connectivity index (χ0) is 19.8. The highest BCUT2D eigenvalue weighted by atomic mass is 16.7. The maximum Gasteiger partial charge on any atom is 0.186 e. The van der Waals surface area contributed by atoms with Crippen LogP contribution < -0.4 is 5.73 Å². The summed E-state index contributed by atoms with van der Waals surface area (Å²) in [4.78, 5) is 0. The minimum Gasteiger partial charge on any atom is -0.394 e. The molecule has 0 aliphatic carbocycles. The Hall–Kier alpha value is -1.10. The summed E-state index contributed by atoms with van der Waals surface area (Å²) in [6.45, 7) is -0.622. The Balaban J connectivity index is 1.68. The summed E-state index contributed by atoms with van der Waals surface area (Å²) >= 11 is 0. The average molecular weight is 385 g/mol. The van der Waals surface area contributed by atoms with Crippen molar-refractivity contribution in [1.82, 2.24) is 0 Å². The number of benzene rings is 1. The summed E-state index contributed by atoms with van der Waals surface area (Å²) in [6, 6.07) is 9.41. The first-order valence-electron chi connectivity index (χ1n) is 9.33. The molecule has 0 radical (unpaired) electrons. The SMILES string of the molecule is N[C@@H](CO[C@H]1OC(CO)[C@H](O)C(O)C1O)[C@H](O)CCCCc1ccccc1. The lowest BCUT2D eigenvalue weighted by Gasteiger charge is -2.40. The van der Waals surface area contributed by atoms with Gasteiger partial charge in [0.05, 0.1) is 25.4 Å². The Labute approximate surface area is 159 Å². The highest BCUT2D eigenvalue weighted by Gasteiger charge is 2.44. The van der Waals surface area contributed by atoms with E-state index in [9.17, 15) is 20.4 Å². The molecule has 1 heterocycles. The fraction of sp³-hybridized carbons (Fsp3) is 0.684. The predicted octanol–water partition coefficient (Wildman–Crippen LogP) is -1.10. The fourth-order valence-electron chi connectivity index (χ4n) is 3.06. The van der Waals surface area contributed by atoms with Gasteiger partial charge in [-0.1, -0.05) is 36.8 Å². The first-order chi connectivity index (χ1) is 12.9. The molecule has 0 aromatic heterocycles. The number of nitrogens with two attached hydrogens (primary N) is 1. The molecule has 1 aliphatic heterocycles. The highest BCUT2D eigenvalue weighted by molar-refractivity contribution is 5.14. The molecule has 3 unspecified atom stereocenters. The quantitative estimate of drug-likeness (QED) is 0.279. The molecule has 0 spiro atoms. The first-order valence-corrected chi connectivity index (χ1v) is 9.33. The van der Waals surface area contributed by atoms with Crippen molar-refractivity contribution in [3.63, 3.8) is 0 Å². The molecule has 8 heteroatoms. The van der Waals surface area contributed by atoms with E-state index in [2.05, 4.69) is 12.1 Å². The van der Waals surface area contributed by atoms with E-state index in [0.717, 1.165) is 19.3 Å². The van der Waals surface area contributed by atoms with Crippen molar-refractivity contribution in [1.29, 1.82) is 0 Å². The summed E-state index contributed by atoms with van der Waals surface area (Å²) in [5.74, 6) is 0. The van der Waals surface area contributed by atoms with E-state index in [1.165, 1.54) is 5.56 Å². The predicted molar refractivity (Wildman–Crippen MR) is 97.7 cm³/mol. The molecule has 0 bridgehead atoms. The molecule has 1 aromatic rings. The van der Waals surface area contributed by atoms with Crippen molar-refractivity contribution in [2.24, 2.45) is 5.73 Å². The first kappa shape index (κ1) is 22.2. The van der Waals surface area contributed by atoms with Crippen molar-refractivity contribution in [2.75, 3.05) is 13.2 Å². The minimum absolute atomic E-state index is 0.0947. The number of rotatable bonds is 10. The molecular weight excluding hydrogens is 354 g/mol. The van der Waals surface area contributed by atoms with Crippen molar-refractivity contribution in [3.05, 3.63) is 35.9 Å².